The smallest absolute Gasteiger partial charge is 0.335 e. The molecule has 0 saturated carbocycles. The van der Waals surface area contributed by atoms with Crippen LogP contribution in [-0.4, -0.2) is 115 Å². The first-order valence-electron chi connectivity index (χ1n) is 7.07. The standard InChI is InChI=1S/C12H20O12/c13-1-2-3(14)8(7(18)11(21)22-2)23-12-6(17)4(15)5(16)9(24-12)10(19)20/h2-9,11-18,21H,1H2,(H,19,20)/t2-,3+,4-,5-,6+,7-,8+,9-,11+,12-/m0/s1. The molecule has 2 heterocycles. The minimum absolute atomic E-state index is 0.724. The molecule has 2 rings (SSSR count). The number of hydrogen-bond acceptors (Lipinski definition) is 11. The van der Waals surface area contributed by atoms with Crippen molar-refractivity contribution < 1.29 is 59.9 Å². The predicted octanol–water partition coefficient (Wildman–Crippen LogP) is -5.30. The second-order valence-electron chi connectivity index (χ2n) is 5.56. The van der Waals surface area contributed by atoms with Gasteiger partial charge in [-0.2, -0.15) is 0 Å². The molecule has 12 heteroatoms. The summed E-state index contributed by atoms with van der Waals surface area (Å²) in [6.07, 6.45) is -17.8. The van der Waals surface area contributed by atoms with Gasteiger partial charge < -0.3 is 55.1 Å². The lowest BCUT2D eigenvalue weighted by atomic mass is 9.97. The fraction of sp³-hybridized carbons (Fsp3) is 0.917. The van der Waals surface area contributed by atoms with Crippen molar-refractivity contribution in [3.63, 3.8) is 0 Å². The van der Waals surface area contributed by atoms with Crippen LogP contribution in [-0.2, 0) is 19.0 Å². The molecule has 140 valence electrons. The topological polar surface area (TPSA) is 207 Å². The van der Waals surface area contributed by atoms with Crippen molar-refractivity contribution >= 4 is 5.97 Å². The highest BCUT2D eigenvalue weighted by atomic mass is 16.7. The van der Waals surface area contributed by atoms with E-state index in [1.54, 1.807) is 0 Å². The van der Waals surface area contributed by atoms with Crippen LogP contribution < -0.4 is 0 Å². The molecule has 0 aromatic carbocycles. The summed E-state index contributed by atoms with van der Waals surface area (Å²) in [6.45, 7) is -0.724. The first-order valence-corrected chi connectivity index (χ1v) is 7.07. The first kappa shape index (κ1) is 19.4. The molecule has 0 aromatic heterocycles. The largest absolute Gasteiger partial charge is 0.479 e. The van der Waals surface area contributed by atoms with Gasteiger partial charge in [0.05, 0.1) is 6.61 Å². The molecule has 10 atom stereocenters. The van der Waals surface area contributed by atoms with Crippen molar-refractivity contribution in [2.75, 3.05) is 6.61 Å². The van der Waals surface area contributed by atoms with Crippen LogP contribution in [0.25, 0.3) is 0 Å². The molecule has 12 nitrogen and oxygen atoms in total. The Morgan fingerprint density at radius 3 is 2.04 bits per heavy atom. The van der Waals surface area contributed by atoms with Gasteiger partial charge in [-0.3, -0.25) is 0 Å². The van der Waals surface area contributed by atoms with E-state index in [-0.39, 0.29) is 0 Å². The number of hydrogen-bond donors (Lipinski definition) is 8. The van der Waals surface area contributed by atoms with E-state index in [4.69, 9.17) is 24.4 Å². The lowest BCUT2D eigenvalue weighted by molar-refractivity contribution is -0.351. The number of carboxylic acids is 1. The van der Waals surface area contributed by atoms with Crippen LogP contribution in [0.4, 0.5) is 0 Å². The minimum Gasteiger partial charge on any atom is -0.479 e. The van der Waals surface area contributed by atoms with E-state index >= 15 is 0 Å². The van der Waals surface area contributed by atoms with Gasteiger partial charge in [-0.1, -0.05) is 0 Å². The monoisotopic (exact) mass is 356 g/mol. The molecule has 2 fully saturated rings. The van der Waals surface area contributed by atoms with E-state index in [2.05, 4.69) is 0 Å². The van der Waals surface area contributed by atoms with Crippen LogP contribution in [0.2, 0.25) is 0 Å². The van der Waals surface area contributed by atoms with E-state index in [1.807, 2.05) is 0 Å². The minimum atomic E-state index is -1.93. The van der Waals surface area contributed by atoms with Crippen LogP contribution in [0.3, 0.4) is 0 Å². The van der Waals surface area contributed by atoms with Gasteiger partial charge in [0.25, 0.3) is 0 Å². The van der Waals surface area contributed by atoms with Crippen molar-refractivity contribution in [1.29, 1.82) is 0 Å². The van der Waals surface area contributed by atoms with Gasteiger partial charge in [-0.15, -0.1) is 0 Å². The van der Waals surface area contributed by atoms with Gasteiger partial charge in [0.1, 0.15) is 42.7 Å². The highest BCUT2D eigenvalue weighted by Crippen LogP contribution is 2.28. The van der Waals surface area contributed by atoms with E-state index < -0.39 is 74.0 Å². The maximum atomic E-state index is 11.0. The summed E-state index contributed by atoms with van der Waals surface area (Å²) in [5.41, 5.74) is 0. The number of aliphatic hydroxyl groups is 7. The zero-order valence-electron chi connectivity index (χ0n) is 12.2. The van der Waals surface area contributed by atoms with Crippen LogP contribution >= 0.6 is 0 Å². The summed E-state index contributed by atoms with van der Waals surface area (Å²) in [5.74, 6) is -1.64. The van der Waals surface area contributed by atoms with Gasteiger partial charge in [-0.25, -0.2) is 4.79 Å². The molecule has 0 aliphatic carbocycles. The summed E-state index contributed by atoms with van der Waals surface area (Å²) in [5, 5.41) is 76.4. The Kier molecular flexibility index (Phi) is 6.09. The number of aliphatic hydroxyl groups excluding tert-OH is 7. The molecular formula is C12H20O12. The average molecular weight is 356 g/mol. The van der Waals surface area contributed by atoms with Gasteiger partial charge in [0.15, 0.2) is 18.7 Å². The van der Waals surface area contributed by atoms with Crippen LogP contribution in [0.15, 0.2) is 0 Å². The molecular weight excluding hydrogens is 336 g/mol. The van der Waals surface area contributed by atoms with E-state index in [9.17, 15) is 35.4 Å². The highest BCUT2D eigenvalue weighted by molar-refractivity contribution is 5.73. The Morgan fingerprint density at radius 2 is 1.50 bits per heavy atom. The van der Waals surface area contributed by atoms with E-state index in [0.717, 1.165) is 0 Å². The lowest BCUT2D eigenvalue weighted by Gasteiger charge is -2.44. The first-order chi connectivity index (χ1) is 11.2. The summed E-state index contributed by atoms with van der Waals surface area (Å²) >= 11 is 0. The fourth-order valence-electron chi connectivity index (χ4n) is 2.55. The third-order valence-corrected chi connectivity index (χ3v) is 3.94. The van der Waals surface area contributed by atoms with Crippen molar-refractivity contribution in [1.82, 2.24) is 0 Å². The van der Waals surface area contributed by atoms with Gasteiger partial charge in [0, 0.05) is 0 Å². The number of carbonyl (C=O) groups is 1. The van der Waals surface area contributed by atoms with Gasteiger partial charge in [-0.05, 0) is 0 Å². The molecule has 0 radical (unpaired) electrons. The Hall–Kier alpha value is -0.930. The Bertz CT molecular complexity index is 446. The zero-order chi connectivity index (χ0) is 18.2. The molecule has 0 spiro atoms. The van der Waals surface area contributed by atoms with Crippen LogP contribution in [0, 0.1) is 0 Å². The van der Waals surface area contributed by atoms with Crippen LogP contribution in [0.1, 0.15) is 0 Å². The summed E-state index contributed by atoms with van der Waals surface area (Å²) in [6, 6.07) is 0. The number of rotatable bonds is 4. The molecule has 2 aliphatic heterocycles. The number of carboxylic acid groups (broad SMARTS) is 1. The summed E-state index contributed by atoms with van der Waals surface area (Å²) in [7, 11) is 0. The van der Waals surface area contributed by atoms with E-state index in [1.165, 1.54) is 0 Å². The molecule has 0 bridgehead atoms. The van der Waals surface area contributed by atoms with Crippen molar-refractivity contribution in [3.05, 3.63) is 0 Å². The third-order valence-electron chi connectivity index (χ3n) is 3.94. The normalized spacial score (nSPS) is 49.8. The van der Waals surface area contributed by atoms with Gasteiger partial charge in [0.2, 0.25) is 0 Å². The number of aliphatic carboxylic acids is 1. The quantitative estimate of drug-likeness (QED) is 0.238. The lowest BCUT2D eigenvalue weighted by Crippen LogP contribution is -2.65. The Labute approximate surface area is 135 Å². The van der Waals surface area contributed by atoms with Crippen molar-refractivity contribution in [2.24, 2.45) is 0 Å². The molecule has 2 aliphatic rings. The Morgan fingerprint density at radius 1 is 0.875 bits per heavy atom. The second kappa shape index (κ2) is 7.53. The molecule has 0 unspecified atom stereocenters. The SMILES string of the molecule is O=C(O)[C@H]1O[C@H](O[C@H]2[C@H](O)[C@H](O)O[C@@H](CO)[C@H]2O)[C@H](O)[C@@H](O)[C@@H]1O. The highest BCUT2D eigenvalue weighted by Gasteiger charge is 2.51. The average Bonchev–Trinajstić information content (AvgIpc) is 2.54. The molecule has 2 saturated heterocycles. The van der Waals surface area contributed by atoms with E-state index in [0.29, 0.717) is 0 Å². The second-order valence-corrected chi connectivity index (χ2v) is 5.56. The molecule has 24 heavy (non-hydrogen) atoms. The summed E-state index contributed by atoms with van der Waals surface area (Å²) in [4.78, 5) is 11.0. The maximum absolute atomic E-state index is 11.0. The predicted molar refractivity (Wildman–Crippen MR) is 69.2 cm³/mol. The molecule has 0 amide bonds. The molecule has 0 aromatic rings. The Balaban J connectivity index is 2.16. The number of ether oxygens (including phenoxy) is 3. The third kappa shape index (κ3) is 3.52. The van der Waals surface area contributed by atoms with Crippen LogP contribution in [0.5, 0.6) is 0 Å². The van der Waals surface area contributed by atoms with Gasteiger partial charge >= 0.3 is 5.97 Å². The fourth-order valence-corrected chi connectivity index (χ4v) is 2.55. The maximum Gasteiger partial charge on any atom is 0.335 e. The van der Waals surface area contributed by atoms with Crippen molar-refractivity contribution in [2.45, 2.75) is 61.4 Å². The van der Waals surface area contributed by atoms with Crippen molar-refractivity contribution in [3.8, 4) is 0 Å². The molecule has 8 N–H and O–H groups in total. The summed E-state index contributed by atoms with van der Waals surface area (Å²) < 4.78 is 14.7. The zero-order valence-corrected chi connectivity index (χ0v) is 12.2.